The van der Waals surface area contributed by atoms with Crippen LogP contribution in [0.3, 0.4) is 0 Å². The predicted octanol–water partition coefficient (Wildman–Crippen LogP) is 1.38. The van der Waals surface area contributed by atoms with Crippen LogP contribution in [-0.2, 0) is 4.79 Å². The summed E-state index contributed by atoms with van der Waals surface area (Å²) >= 11 is 0. The molecule has 0 spiro atoms. The fourth-order valence-corrected chi connectivity index (χ4v) is 2.91. The van der Waals surface area contributed by atoms with Crippen molar-refractivity contribution in [1.29, 1.82) is 5.26 Å². The van der Waals surface area contributed by atoms with Crippen molar-refractivity contribution >= 4 is 5.91 Å². The third kappa shape index (κ3) is 2.61. The van der Waals surface area contributed by atoms with E-state index in [9.17, 15) is 4.79 Å². The highest BCUT2D eigenvalue weighted by Crippen LogP contribution is 2.21. The van der Waals surface area contributed by atoms with Crippen LogP contribution in [0.4, 0.5) is 0 Å². The summed E-state index contributed by atoms with van der Waals surface area (Å²) in [7, 11) is 0. The molecule has 0 aromatic carbocycles. The zero-order valence-corrected chi connectivity index (χ0v) is 10.6. The lowest BCUT2D eigenvalue weighted by atomic mass is 10.1. The zero-order chi connectivity index (χ0) is 12.3. The quantitative estimate of drug-likeness (QED) is 0.726. The van der Waals surface area contributed by atoms with Gasteiger partial charge in [0.1, 0.15) is 0 Å². The van der Waals surface area contributed by atoms with E-state index in [0.29, 0.717) is 0 Å². The number of nitrogens with zero attached hydrogens (tertiary/aromatic N) is 3. The van der Waals surface area contributed by atoms with Gasteiger partial charge in [-0.25, -0.2) is 0 Å². The summed E-state index contributed by atoms with van der Waals surface area (Å²) < 4.78 is 0. The average molecular weight is 235 g/mol. The molecule has 2 fully saturated rings. The lowest BCUT2D eigenvalue weighted by Crippen LogP contribution is -2.49. The molecule has 2 saturated heterocycles. The number of carbonyl (C=O) groups excluding carboxylic acids is 1. The first kappa shape index (κ1) is 12.4. The summed E-state index contributed by atoms with van der Waals surface area (Å²) in [6.45, 7) is 4.63. The number of nitriles is 1. The molecule has 4 nitrogen and oxygen atoms in total. The molecule has 2 unspecified atom stereocenters. The van der Waals surface area contributed by atoms with Crippen LogP contribution in [0, 0.1) is 11.3 Å². The van der Waals surface area contributed by atoms with Crippen molar-refractivity contribution in [1.82, 2.24) is 9.80 Å². The molecule has 0 aliphatic carbocycles. The summed E-state index contributed by atoms with van der Waals surface area (Å²) in [5, 5.41) is 9.06. The molecule has 0 saturated carbocycles. The summed E-state index contributed by atoms with van der Waals surface area (Å²) in [6.07, 6.45) is 5.44. The Morgan fingerprint density at radius 1 is 1.24 bits per heavy atom. The fraction of sp³-hybridized carbons (Fsp3) is 0.846. The van der Waals surface area contributed by atoms with Gasteiger partial charge in [-0.05, 0) is 39.0 Å². The van der Waals surface area contributed by atoms with E-state index in [4.69, 9.17) is 5.26 Å². The first-order chi connectivity index (χ1) is 8.24. The Bertz CT molecular complexity index is 317. The minimum atomic E-state index is -0.125. The van der Waals surface area contributed by atoms with Gasteiger partial charge in [0.15, 0.2) is 0 Å². The molecule has 2 atom stereocenters. The van der Waals surface area contributed by atoms with Crippen LogP contribution in [0.15, 0.2) is 0 Å². The lowest BCUT2D eigenvalue weighted by molar-refractivity contribution is -0.137. The third-order valence-electron chi connectivity index (χ3n) is 3.97. The van der Waals surface area contributed by atoms with E-state index in [0.717, 1.165) is 45.3 Å². The molecule has 0 aromatic rings. The number of carbonyl (C=O) groups is 1. The molecule has 1 amide bonds. The number of hydrogen-bond acceptors (Lipinski definition) is 3. The number of rotatable bonds is 2. The Morgan fingerprint density at radius 3 is 2.59 bits per heavy atom. The summed E-state index contributed by atoms with van der Waals surface area (Å²) in [6, 6.07) is 2.13. The highest BCUT2D eigenvalue weighted by molar-refractivity contribution is 5.81. The van der Waals surface area contributed by atoms with E-state index in [1.807, 2.05) is 11.8 Å². The van der Waals surface area contributed by atoms with Gasteiger partial charge in [0.05, 0.1) is 18.2 Å². The van der Waals surface area contributed by atoms with Gasteiger partial charge in [0, 0.05) is 19.6 Å². The van der Waals surface area contributed by atoms with Crippen LogP contribution >= 0.6 is 0 Å². The normalized spacial score (nSPS) is 27.8. The van der Waals surface area contributed by atoms with Crippen LogP contribution in [0.5, 0.6) is 0 Å². The maximum atomic E-state index is 12.3. The van der Waals surface area contributed by atoms with Gasteiger partial charge < -0.3 is 4.90 Å². The maximum Gasteiger partial charge on any atom is 0.239 e. The Kier molecular flexibility index (Phi) is 4.01. The molecule has 0 radical (unpaired) electrons. The topological polar surface area (TPSA) is 47.3 Å². The number of hydrogen-bond donors (Lipinski definition) is 0. The Balaban J connectivity index is 1.96. The molecule has 4 heteroatoms. The second-order valence-corrected chi connectivity index (χ2v) is 5.09. The van der Waals surface area contributed by atoms with Crippen LogP contribution in [0.1, 0.15) is 39.0 Å². The molecule has 2 aliphatic heterocycles. The van der Waals surface area contributed by atoms with Crippen molar-refractivity contribution in [3.8, 4) is 6.07 Å². The van der Waals surface area contributed by atoms with E-state index in [1.165, 1.54) is 6.42 Å². The second kappa shape index (κ2) is 5.50. The highest BCUT2D eigenvalue weighted by atomic mass is 16.2. The van der Waals surface area contributed by atoms with Crippen LogP contribution in [-0.4, -0.2) is 47.4 Å². The largest absolute Gasteiger partial charge is 0.341 e. The Labute approximate surface area is 103 Å². The van der Waals surface area contributed by atoms with E-state index >= 15 is 0 Å². The van der Waals surface area contributed by atoms with Crippen LogP contribution in [0.25, 0.3) is 0 Å². The smallest absolute Gasteiger partial charge is 0.239 e. The summed E-state index contributed by atoms with van der Waals surface area (Å²) in [4.78, 5) is 16.4. The second-order valence-electron chi connectivity index (χ2n) is 5.09. The lowest BCUT2D eigenvalue weighted by Gasteiger charge is -2.33. The van der Waals surface area contributed by atoms with Gasteiger partial charge in [-0.2, -0.15) is 5.26 Å². The van der Waals surface area contributed by atoms with Gasteiger partial charge in [0.2, 0.25) is 5.91 Å². The van der Waals surface area contributed by atoms with Gasteiger partial charge in [-0.15, -0.1) is 0 Å². The van der Waals surface area contributed by atoms with Crippen molar-refractivity contribution in [2.45, 2.75) is 51.1 Å². The number of amides is 1. The predicted molar refractivity (Wildman–Crippen MR) is 65.2 cm³/mol. The van der Waals surface area contributed by atoms with E-state index in [-0.39, 0.29) is 18.0 Å². The molecule has 2 aliphatic rings. The number of piperidine rings is 1. The first-order valence-electron chi connectivity index (χ1n) is 6.68. The minimum Gasteiger partial charge on any atom is -0.341 e. The monoisotopic (exact) mass is 235 g/mol. The molecule has 0 N–H and O–H groups in total. The van der Waals surface area contributed by atoms with Crippen molar-refractivity contribution in [3.63, 3.8) is 0 Å². The molecule has 2 rings (SSSR count). The van der Waals surface area contributed by atoms with Gasteiger partial charge >= 0.3 is 0 Å². The SMILES string of the molecule is CC(C(=O)N1CCCCC1)N1CCCC1C#N. The van der Waals surface area contributed by atoms with Crippen molar-refractivity contribution in [3.05, 3.63) is 0 Å². The van der Waals surface area contributed by atoms with Crippen molar-refractivity contribution in [2.75, 3.05) is 19.6 Å². The molecule has 0 bridgehead atoms. The van der Waals surface area contributed by atoms with E-state index < -0.39 is 0 Å². The standard InChI is InChI=1S/C13H21N3O/c1-11(16-9-5-6-12(16)10-14)13(17)15-7-3-2-4-8-15/h11-12H,2-9H2,1H3. The minimum absolute atomic E-state index is 0.0567. The molecule has 94 valence electrons. The molecule has 17 heavy (non-hydrogen) atoms. The maximum absolute atomic E-state index is 12.3. The molecular formula is C13H21N3O. The average Bonchev–Trinajstić information content (AvgIpc) is 2.86. The fourth-order valence-electron chi connectivity index (χ4n) is 2.91. The first-order valence-corrected chi connectivity index (χ1v) is 6.68. The van der Waals surface area contributed by atoms with Crippen LogP contribution < -0.4 is 0 Å². The van der Waals surface area contributed by atoms with Crippen molar-refractivity contribution < 1.29 is 4.79 Å². The van der Waals surface area contributed by atoms with Gasteiger partial charge in [0.25, 0.3) is 0 Å². The van der Waals surface area contributed by atoms with E-state index in [2.05, 4.69) is 11.0 Å². The molecular weight excluding hydrogens is 214 g/mol. The van der Waals surface area contributed by atoms with Gasteiger partial charge in [-0.3, -0.25) is 9.69 Å². The number of likely N-dealkylation sites (tertiary alicyclic amines) is 2. The molecule has 2 heterocycles. The Morgan fingerprint density at radius 2 is 1.94 bits per heavy atom. The van der Waals surface area contributed by atoms with E-state index in [1.54, 1.807) is 0 Å². The van der Waals surface area contributed by atoms with Crippen LogP contribution in [0.2, 0.25) is 0 Å². The third-order valence-corrected chi connectivity index (χ3v) is 3.97. The highest BCUT2D eigenvalue weighted by Gasteiger charge is 2.34. The Hall–Kier alpha value is -1.08. The van der Waals surface area contributed by atoms with Crippen molar-refractivity contribution in [2.24, 2.45) is 0 Å². The molecule has 0 aromatic heterocycles. The zero-order valence-electron chi connectivity index (χ0n) is 10.6. The summed E-state index contributed by atoms with van der Waals surface area (Å²) in [5.74, 6) is 0.215. The van der Waals surface area contributed by atoms with Gasteiger partial charge in [-0.1, -0.05) is 0 Å². The summed E-state index contributed by atoms with van der Waals surface area (Å²) in [5.41, 5.74) is 0.